The van der Waals surface area contributed by atoms with E-state index >= 15 is 0 Å². The van der Waals surface area contributed by atoms with E-state index in [1.807, 2.05) is 34.9 Å². The third-order valence-corrected chi connectivity index (χ3v) is 3.29. The van der Waals surface area contributed by atoms with Crippen molar-refractivity contribution in [3.8, 4) is 11.3 Å². The minimum Gasteiger partial charge on any atom is -0.465 e. The third-order valence-electron chi connectivity index (χ3n) is 3.29. The lowest BCUT2D eigenvalue weighted by atomic mass is 10.1. The first kappa shape index (κ1) is 12.4. The van der Waals surface area contributed by atoms with Gasteiger partial charge in [-0.3, -0.25) is 0 Å². The maximum atomic E-state index is 11.5. The highest BCUT2D eigenvalue weighted by Crippen LogP contribution is 2.22. The molecule has 0 aliphatic rings. The summed E-state index contributed by atoms with van der Waals surface area (Å²) in [6.45, 7) is 2.05. The molecule has 0 spiro atoms. The highest BCUT2D eigenvalue weighted by Gasteiger charge is 2.10. The fourth-order valence-electron chi connectivity index (χ4n) is 2.22. The molecule has 0 saturated carbocycles. The van der Waals surface area contributed by atoms with Crippen LogP contribution in [0.4, 0.5) is 0 Å². The van der Waals surface area contributed by atoms with Gasteiger partial charge in [-0.15, -0.1) is 0 Å². The number of esters is 1. The molecular formula is C16H14N2O2. The molecule has 0 bridgehead atoms. The summed E-state index contributed by atoms with van der Waals surface area (Å²) in [5, 5.41) is 0. The largest absolute Gasteiger partial charge is 0.465 e. The zero-order valence-electron chi connectivity index (χ0n) is 11.3. The number of carbonyl (C=O) groups excluding carboxylic acids is 1. The fourth-order valence-corrected chi connectivity index (χ4v) is 2.22. The normalized spacial score (nSPS) is 10.7. The minimum atomic E-state index is -0.349. The molecule has 20 heavy (non-hydrogen) atoms. The van der Waals surface area contributed by atoms with Crippen molar-refractivity contribution in [3.63, 3.8) is 0 Å². The number of ether oxygens (including phenoxy) is 1. The topological polar surface area (TPSA) is 43.6 Å². The van der Waals surface area contributed by atoms with Crippen molar-refractivity contribution < 1.29 is 9.53 Å². The van der Waals surface area contributed by atoms with E-state index < -0.39 is 0 Å². The molecule has 0 fully saturated rings. The van der Waals surface area contributed by atoms with Crippen LogP contribution in [0.15, 0.2) is 48.8 Å². The quantitative estimate of drug-likeness (QED) is 0.669. The number of carbonyl (C=O) groups is 1. The van der Waals surface area contributed by atoms with E-state index in [0.717, 1.165) is 16.9 Å². The highest BCUT2D eigenvalue weighted by molar-refractivity contribution is 5.89. The van der Waals surface area contributed by atoms with Crippen molar-refractivity contribution in [2.24, 2.45) is 0 Å². The zero-order valence-corrected chi connectivity index (χ0v) is 11.3. The van der Waals surface area contributed by atoms with Gasteiger partial charge in [0.05, 0.1) is 18.4 Å². The molecule has 0 aliphatic heterocycles. The van der Waals surface area contributed by atoms with Gasteiger partial charge >= 0.3 is 5.97 Å². The summed E-state index contributed by atoms with van der Waals surface area (Å²) in [4.78, 5) is 16.1. The molecule has 4 nitrogen and oxygen atoms in total. The van der Waals surface area contributed by atoms with Crippen LogP contribution < -0.4 is 0 Å². The van der Waals surface area contributed by atoms with E-state index in [1.54, 1.807) is 12.3 Å². The predicted molar refractivity (Wildman–Crippen MR) is 76.7 cm³/mol. The van der Waals surface area contributed by atoms with Crippen molar-refractivity contribution in [1.29, 1.82) is 0 Å². The van der Waals surface area contributed by atoms with Crippen molar-refractivity contribution in [1.82, 2.24) is 9.38 Å². The molecule has 1 aromatic carbocycles. The van der Waals surface area contributed by atoms with Gasteiger partial charge in [-0.25, -0.2) is 9.78 Å². The van der Waals surface area contributed by atoms with Crippen LogP contribution in [0.2, 0.25) is 0 Å². The molecule has 0 radical (unpaired) electrons. The summed E-state index contributed by atoms with van der Waals surface area (Å²) >= 11 is 0. The number of aryl methyl sites for hydroxylation is 1. The maximum Gasteiger partial charge on any atom is 0.339 e. The maximum absolute atomic E-state index is 11.5. The standard InChI is InChI=1S/C16H14N2O2/c1-11-5-3-4-6-13(11)14-10-18-9-12(16(19)20-2)7-8-15(18)17-14/h3-10H,1-2H3. The molecule has 2 aromatic heterocycles. The first-order chi connectivity index (χ1) is 9.69. The minimum absolute atomic E-state index is 0.349. The number of imidazole rings is 1. The van der Waals surface area contributed by atoms with Crippen molar-refractivity contribution >= 4 is 11.6 Å². The second-order valence-electron chi connectivity index (χ2n) is 4.62. The van der Waals surface area contributed by atoms with Gasteiger partial charge in [0.2, 0.25) is 0 Å². The number of aromatic nitrogens is 2. The lowest BCUT2D eigenvalue weighted by Gasteiger charge is -2.00. The number of hydrogen-bond donors (Lipinski definition) is 0. The van der Waals surface area contributed by atoms with Gasteiger partial charge in [-0.1, -0.05) is 24.3 Å². The first-order valence-corrected chi connectivity index (χ1v) is 6.32. The summed E-state index contributed by atoms with van der Waals surface area (Å²) < 4.78 is 6.56. The van der Waals surface area contributed by atoms with Crippen LogP contribution in [0.5, 0.6) is 0 Å². The predicted octanol–water partition coefficient (Wildman–Crippen LogP) is 3.10. The fraction of sp³-hybridized carbons (Fsp3) is 0.125. The highest BCUT2D eigenvalue weighted by atomic mass is 16.5. The van der Waals surface area contributed by atoms with Crippen molar-refractivity contribution in [2.45, 2.75) is 6.92 Å². The molecule has 2 heterocycles. The Morgan fingerprint density at radius 1 is 1.15 bits per heavy atom. The SMILES string of the molecule is COC(=O)c1ccc2nc(-c3ccccc3C)cn2c1. The van der Waals surface area contributed by atoms with Gasteiger partial charge in [0.25, 0.3) is 0 Å². The number of hydrogen-bond acceptors (Lipinski definition) is 3. The second kappa shape index (κ2) is 4.81. The van der Waals surface area contributed by atoms with E-state index in [-0.39, 0.29) is 5.97 Å². The molecule has 0 saturated heterocycles. The Labute approximate surface area is 116 Å². The molecule has 3 aromatic rings. The Morgan fingerprint density at radius 2 is 1.95 bits per heavy atom. The summed E-state index contributed by atoms with van der Waals surface area (Å²) in [6, 6.07) is 11.6. The Hall–Kier alpha value is -2.62. The van der Waals surface area contributed by atoms with Gasteiger partial charge in [0, 0.05) is 18.0 Å². The molecule has 3 rings (SSSR count). The molecular weight excluding hydrogens is 252 g/mol. The molecule has 0 N–H and O–H groups in total. The molecule has 0 aliphatic carbocycles. The van der Waals surface area contributed by atoms with Gasteiger partial charge in [0.1, 0.15) is 5.65 Å². The lowest BCUT2D eigenvalue weighted by Crippen LogP contribution is -2.02. The van der Waals surface area contributed by atoms with E-state index in [2.05, 4.69) is 18.0 Å². The van der Waals surface area contributed by atoms with E-state index in [1.165, 1.54) is 12.7 Å². The van der Waals surface area contributed by atoms with Crippen LogP contribution in [-0.2, 0) is 4.74 Å². The molecule has 0 unspecified atom stereocenters. The number of nitrogens with zero attached hydrogens (tertiary/aromatic N) is 2. The summed E-state index contributed by atoms with van der Waals surface area (Å²) in [5.74, 6) is -0.349. The summed E-state index contributed by atoms with van der Waals surface area (Å²) in [7, 11) is 1.37. The van der Waals surface area contributed by atoms with Gasteiger partial charge in [-0.05, 0) is 24.6 Å². The Morgan fingerprint density at radius 3 is 2.70 bits per heavy atom. The smallest absolute Gasteiger partial charge is 0.339 e. The monoisotopic (exact) mass is 266 g/mol. The Bertz CT molecular complexity index is 790. The van der Waals surface area contributed by atoms with E-state index in [9.17, 15) is 4.79 Å². The van der Waals surface area contributed by atoms with Crippen LogP contribution >= 0.6 is 0 Å². The molecule has 100 valence electrons. The van der Waals surface area contributed by atoms with Crippen LogP contribution in [0.25, 0.3) is 16.9 Å². The summed E-state index contributed by atoms with van der Waals surface area (Å²) in [6.07, 6.45) is 3.65. The third kappa shape index (κ3) is 2.05. The summed E-state index contributed by atoms with van der Waals surface area (Å²) in [5.41, 5.74) is 4.47. The number of benzene rings is 1. The zero-order chi connectivity index (χ0) is 14.1. The van der Waals surface area contributed by atoms with Crippen molar-refractivity contribution in [2.75, 3.05) is 7.11 Å². The molecule has 0 atom stereocenters. The number of pyridine rings is 1. The van der Waals surface area contributed by atoms with Gasteiger partial charge in [0.15, 0.2) is 0 Å². The Balaban J connectivity index is 2.12. The van der Waals surface area contributed by atoms with Crippen LogP contribution in [-0.4, -0.2) is 22.5 Å². The average Bonchev–Trinajstić information content (AvgIpc) is 2.89. The Kier molecular flexibility index (Phi) is 2.99. The number of fused-ring (bicyclic) bond motifs is 1. The lowest BCUT2D eigenvalue weighted by molar-refractivity contribution is 0.0600. The first-order valence-electron chi connectivity index (χ1n) is 6.32. The molecule has 4 heteroatoms. The van der Waals surface area contributed by atoms with Crippen LogP contribution in [0.3, 0.4) is 0 Å². The number of rotatable bonds is 2. The molecule has 0 amide bonds. The van der Waals surface area contributed by atoms with E-state index in [4.69, 9.17) is 4.74 Å². The van der Waals surface area contributed by atoms with Crippen molar-refractivity contribution in [3.05, 3.63) is 59.9 Å². The average molecular weight is 266 g/mol. The second-order valence-corrected chi connectivity index (χ2v) is 4.62. The van der Waals surface area contributed by atoms with E-state index in [0.29, 0.717) is 5.56 Å². The van der Waals surface area contributed by atoms with Crippen LogP contribution in [0.1, 0.15) is 15.9 Å². The number of methoxy groups -OCH3 is 1. The van der Waals surface area contributed by atoms with Gasteiger partial charge < -0.3 is 9.14 Å². The van der Waals surface area contributed by atoms with Crippen LogP contribution in [0, 0.1) is 6.92 Å². The van der Waals surface area contributed by atoms with Gasteiger partial charge in [-0.2, -0.15) is 0 Å².